The van der Waals surface area contributed by atoms with Gasteiger partial charge in [-0.1, -0.05) is 19.3 Å². The summed E-state index contributed by atoms with van der Waals surface area (Å²) in [5, 5.41) is 23.9. The van der Waals surface area contributed by atoms with E-state index in [1.807, 2.05) is 0 Å². The van der Waals surface area contributed by atoms with Crippen molar-refractivity contribution in [2.45, 2.75) is 37.6 Å². The Morgan fingerprint density at radius 2 is 2.05 bits per heavy atom. The van der Waals surface area contributed by atoms with Crippen LogP contribution in [0.3, 0.4) is 0 Å². The van der Waals surface area contributed by atoms with Crippen LogP contribution in [0.15, 0.2) is 18.2 Å². The fourth-order valence-electron chi connectivity index (χ4n) is 2.79. The maximum Gasteiger partial charge on any atom is 0.292 e. The maximum absolute atomic E-state index is 11.3. The van der Waals surface area contributed by atoms with E-state index in [1.54, 1.807) is 0 Å². The molecule has 4 N–H and O–H groups in total. The molecule has 1 aliphatic rings. The van der Waals surface area contributed by atoms with Crippen molar-refractivity contribution in [2.75, 3.05) is 11.9 Å². The quantitative estimate of drug-likeness (QED) is 0.565. The summed E-state index contributed by atoms with van der Waals surface area (Å²) in [6.07, 6.45) is 4.48. The van der Waals surface area contributed by atoms with Gasteiger partial charge in [-0.25, -0.2) is 0 Å². The number of benzene rings is 1. The molecule has 1 saturated carbocycles. The van der Waals surface area contributed by atoms with Crippen LogP contribution < -0.4 is 11.1 Å². The predicted octanol–water partition coefficient (Wildman–Crippen LogP) is 1.80. The summed E-state index contributed by atoms with van der Waals surface area (Å²) < 4.78 is 0. The minimum Gasteiger partial charge on any atom is -0.394 e. The molecule has 0 spiro atoms. The normalized spacial score (nSPS) is 17.2. The number of nitrogens with zero attached hydrogens (tertiary/aromatic N) is 1. The molecular formula is C14H19N3O4. The SMILES string of the molecule is NC(=O)c1ccc([N+](=O)[O-])c(NC2(CO)CCCCC2)c1. The molecule has 114 valence electrons. The Labute approximate surface area is 122 Å². The van der Waals surface area contributed by atoms with Gasteiger partial charge in [-0.2, -0.15) is 0 Å². The highest BCUT2D eigenvalue weighted by Crippen LogP contribution is 2.35. The number of nitrogens with one attached hydrogen (secondary N) is 1. The molecule has 0 atom stereocenters. The van der Waals surface area contributed by atoms with Crippen LogP contribution >= 0.6 is 0 Å². The molecule has 1 aromatic rings. The van der Waals surface area contributed by atoms with Crippen molar-refractivity contribution in [1.29, 1.82) is 0 Å². The van der Waals surface area contributed by atoms with Crippen molar-refractivity contribution in [3.05, 3.63) is 33.9 Å². The second kappa shape index (κ2) is 6.09. The topological polar surface area (TPSA) is 118 Å². The molecule has 0 unspecified atom stereocenters. The second-order valence-electron chi connectivity index (χ2n) is 5.48. The molecule has 1 aromatic carbocycles. The Morgan fingerprint density at radius 1 is 1.38 bits per heavy atom. The van der Waals surface area contributed by atoms with Gasteiger partial charge in [-0.05, 0) is 25.0 Å². The third-order valence-corrected chi connectivity index (χ3v) is 3.99. The third-order valence-electron chi connectivity index (χ3n) is 3.99. The lowest BCUT2D eigenvalue weighted by Crippen LogP contribution is -2.44. The highest BCUT2D eigenvalue weighted by molar-refractivity contribution is 5.94. The first-order chi connectivity index (χ1) is 9.97. The van der Waals surface area contributed by atoms with Gasteiger partial charge in [0, 0.05) is 11.6 Å². The Bertz CT molecular complexity index is 553. The van der Waals surface area contributed by atoms with Crippen LogP contribution in [-0.2, 0) is 0 Å². The Kier molecular flexibility index (Phi) is 4.42. The number of nitro groups is 1. The molecule has 1 amide bonds. The Hall–Kier alpha value is -2.15. The number of anilines is 1. The lowest BCUT2D eigenvalue weighted by molar-refractivity contribution is -0.384. The summed E-state index contributed by atoms with van der Waals surface area (Å²) in [4.78, 5) is 21.9. The van der Waals surface area contributed by atoms with Gasteiger partial charge in [-0.3, -0.25) is 14.9 Å². The number of aliphatic hydroxyl groups excluding tert-OH is 1. The van der Waals surface area contributed by atoms with Crippen LogP contribution in [0.1, 0.15) is 42.5 Å². The van der Waals surface area contributed by atoms with E-state index in [0.717, 1.165) is 32.1 Å². The summed E-state index contributed by atoms with van der Waals surface area (Å²) >= 11 is 0. The van der Waals surface area contributed by atoms with Crippen molar-refractivity contribution in [2.24, 2.45) is 5.73 Å². The molecule has 21 heavy (non-hydrogen) atoms. The van der Waals surface area contributed by atoms with Crippen molar-refractivity contribution < 1.29 is 14.8 Å². The highest BCUT2D eigenvalue weighted by Gasteiger charge is 2.33. The van der Waals surface area contributed by atoms with Crippen LogP contribution in [0.4, 0.5) is 11.4 Å². The molecule has 0 saturated heterocycles. The molecule has 2 rings (SSSR count). The molecule has 0 aliphatic heterocycles. The molecule has 0 radical (unpaired) electrons. The molecule has 1 aliphatic carbocycles. The smallest absolute Gasteiger partial charge is 0.292 e. The van der Waals surface area contributed by atoms with Crippen LogP contribution in [0.5, 0.6) is 0 Å². The van der Waals surface area contributed by atoms with Gasteiger partial charge in [0.1, 0.15) is 5.69 Å². The number of rotatable bonds is 5. The highest BCUT2D eigenvalue weighted by atomic mass is 16.6. The average Bonchev–Trinajstić information content (AvgIpc) is 2.47. The summed E-state index contributed by atoms with van der Waals surface area (Å²) in [7, 11) is 0. The predicted molar refractivity (Wildman–Crippen MR) is 78.1 cm³/mol. The molecule has 0 bridgehead atoms. The summed E-state index contributed by atoms with van der Waals surface area (Å²) in [5.74, 6) is -0.644. The van der Waals surface area contributed by atoms with E-state index in [4.69, 9.17) is 5.73 Å². The van der Waals surface area contributed by atoms with E-state index in [0.29, 0.717) is 0 Å². The number of carbonyl (C=O) groups excluding carboxylic acids is 1. The van der Waals surface area contributed by atoms with E-state index in [9.17, 15) is 20.0 Å². The van der Waals surface area contributed by atoms with E-state index in [1.165, 1.54) is 18.2 Å². The molecule has 7 nitrogen and oxygen atoms in total. The summed E-state index contributed by atoms with van der Waals surface area (Å²) in [6.45, 7) is -0.106. The second-order valence-corrected chi connectivity index (χ2v) is 5.48. The number of amides is 1. The van der Waals surface area contributed by atoms with Crippen LogP contribution in [0.25, 0.3) is 0 Å². The van der Waals surface area contributed by atoms with E-state index < -0.39 is 16.4 Å². The van der Waals surface area contributed by atoms with Crippen molar-refractivity contribution in [3.63, 3.8) is 0 Å². The van der Waals surface area contributed by atoms with Crippen molar-refractivity contribution in [1.82, 2.24) is 0 Å². The number of carbonyl (C=O) groups is 1. The lowest BCUT2D eigenvalue weighted by Gasteiger charge is -2.37. The van der Waals surface area contributed by atoms with Crippen molar-refractivity contribution in [3.8, 4) is 0 Å². The van der Waals surface area contributed by atoms with Gasteiger partial charge >= 0.3 is 0 Å². The Balaban J connectivity index is 2.37. The zero-order valence-electron chi connectivity index (χ0n) is 11.7. The fraction of sp³-hybridized carbons (Fsp3) is 0.500. The number of hydrogen-bond acceptors (Lipinski definition) is 5. The van der Waals surface area contributed by atoms with Crippen LogP contribution in [0.2, 0.25) is 0 Å². The first kappa shape index (κ1) is 15.2. The minimum absolute atomic E-state index is 0.106. The Morgan fingerprint density at radius 3 is 2.57 bits per heavy atom. The van der Waals surface area contributed by atoms with Gasteiger partial charge in [0.05, 0.1) is 17.1 Å². The molecule has 0 heterocycles. The van der Waals surface area contributed by atoms with Gasteiger partial charge < -0.3 is 16.2 Å². The summed E-state index contributed by atoms with van der Waals surface area (Å²) in [6, 6.07) is 3.97. The number of hydrogen-bond donors (Lipinski definition) is 3. The first-order valence-corrected chi connectivity index (χ1v) is 6.95. The summed E-state index contributed by atoms with van der Waals surface area (Å²) in [5.41, 5.74) is 4.95. The van der Waals surface area contributed by atoms with E-state index in [-0.39, 0.29) is 23.5 Å². The van der Waals surface area contributed by atoms with Crippen molar-refractivity contribution >= 4 is 17.3 Å². The molecule has 0 aromatic heterocycles. The molecular weight excluding hydrogens is 274 g/mol. The van der Waals surface area contributed by atoms with Crippen LogP contribution in [-0.4, -0.2) is 28.1 Å². The van der Waals surface area contributed by atoms with Gasteiger partial charge in [-0.15, -0.1) is 0 Å². The van der Waals surface area contributed by atoms with Gasteiger partial charge in [0.25, 0.3) is 5.69 Å². The maximum atomic E-state index is 11.3. The third kappa shape index (κ3) is 3.30. The van der Waals surface area contributed by atoms with Gasteiger partial charge in [0.2, 0.25) is 5.91 Å². The standard InChI is InChI=1S/C14H19N3O4/c15-13(19)10-4-5-12(17(20)21)11(8-10)16-14(9-18)6-2-1-3-7-14/h4-5,8,16,18H,1-3,6-7,9H2,(H2,15,19). The monoisotopic (exact) mass is 293 g/mol. The number of nitrogens with two attached hydrogens (primary N) is 1. The van der Waals surface area contributed by atoms with Gasteiger partial charge in [0.15, 0.2) is 0 Å². The number of nitro benzene ring substituents is 1. The van der Waals surface area contributed by atoms with Crippen LogP contribution in [0, 0.1) is 10.1 Å². The van der Waals surface area contributed by atoms with E-state index >= 15 is 0 Å². The minimum atomic E-state index is -0.644. The molecule has 7 heteroatoms. The number of aliphatic hydroxyl groups is 1. The molecule has 1 fully saturated rings. The largest absolute Gasteiger partial charge is 0.394 e. The lowest BCUT2D eigenvalue weighted by atomic mass is 9.82. The average molecular weight is 293 g/mol. The zero-order chi connectivity index (χ0) is 15.5. The fourth-order valence-corrected chi connectivity index (χ4v) is 2.79. The first-order valence-electron chi connectivity index (χ1n) is 6.95. The zero-order valence-corrected chi connectivity index (χ0v) is 11.7. The number of primary amides is 1. The van der Waals surface area contributed by atoms with E-state index in [2.05, 4.69) is 5.32 Å².